The van der Waals surface area contributed by atoms with Gasteiger partial charge in [0.15, 0.2) is 5.76 Å². The number of benzene rings is 1. The van der Waals surface area contributed by atoms with Gasteiger partial charge in [-0.25, -0.2) is 0 Å². The van der Waals surface area contributed by atoms with Gasteiger partial charge in [-0.2, -0.15) is 19.5 Å². The molecule has 1 atom stereocenters. The first-order chi connectivity index (χ1) is 16.6. The molecule has 0 bridgehead atoms. The number of carbonyl (C=O) groups excluding carboxylic acids is 1. The number of nitrogen functional groups attached to an aromatic ring is 1. The molecule has 0 saturated carbocycles. The molecule has 0 unspecified atom stereocenters. The Morgan fingerprint density at radius 1 is 1.09 bits per heavy atom. The lowest BCUT2D eigenvalue weighted by atomic mass is 10.2. The Hall–Kier alpha value is -4.03. The van der Waals surface area contributed by atoms with Gasteiger partial charge in [-0.05, 0) is 17.7 Å². The molecule has 12 heteroatoms. The van der Waals surface area contributed by atoms with Gasteiger partial charge >= 0.3 is 0 Å². The number of aromatic nitrogens is 5. The number of piperazine rings is 1. The lowest BCUT2D eigenvalue weighted by Gasteiger charge is -2.36. The third-order valence-corrected chi connectivity index (χ3v) is 5.69. The molecule has 1 aliphatic heterocycles. The summed E-state index contributed by atoms with van der Waals surface area (Å²) in [7, 11) is 0. The zero-order valence-corrected chi connectivity index (χ0v) is 18.4. The molecular weight excluding hydrogens is 438 g/mol. The van der Waals surface area contributed by atoms with E-state index >= 15 is 0 Å². The maximum Gasteiger partial charge on any atom is 0.259 e. The number of nitrogens with zero attached hydrogens (tertiary/aromatic N) is 7. The Morgan fingerprint density at radius 2 is 1.88 bits per heavy atom. The van der Waals surface area contributed by atoms with E-state index in [1.165, 1.54) is 16.3 Å². The zero-order chi connectivity index (χ0) is 23.5. The van der Waals surface area contributed by atoms with Crippen LogP contribution in [-0.2, 0) is 11.3 Å². The van der Waals surface area contributed by atoms with Gasteiger partial charge in [0.1, 0.15) is 6.04 Å². The Labute approximate surface area is 195 Å². The maximum absolute atomic E-state index is 13.1. The fraction of sp³-hybridized carbons (Fsp3) is 0.318. The van der Waals surface area contributed by atoms with E-state index in [0.717, 1.165) is 19.6 Å². The largest absolute Gasteiger partial charge is 0.461 e. The Morgan fingerprint density at radius 3 is 2.59 bits per heavy atom. The second kappa shape index (κ2) is 9.45. The van der Waals surface area contributed by atoms with Crippen molar-refractivity contribution in [3.63, 3.8) is 0 Å². The van der Waals surface area contributed by atoms with E-state index in [2.05, 4.69) is 42.4 Å². The van der Waals surface area contributed by atoms with Gasteiger partial charge in [0.05, 0.1) is 12.9 Å². The molecule has 1 aliphatic rings. The standard InChI is InChI=1S/C22H25N9O3/c23-20-26-21(27-22-25-18(28-31(20)22)17-7-4-12-34-17)24-16(14-32)19(33)30-10-8-29(9-11-30)13-15-5-2-1-3-6-15/h1-7,12,16,32H,8-11,13-14H2,(H3,23,24,25,26,27,28)/t16-/m0/s1. The molecule has 1 aromatic carbocycles. The lowest BCUT2D eigenvalue weighted by molar-refractivity contribution is -0.134. The summed E-state index contributed by atoms with van der Waals surface area (Å²) in [5, 5.41) is 17.0. The molecule has 12 nitrogen and oxygen atoms in total. The van der Waals surface area contributed by atoms with E-state index in [1.807, 2.05) is 18.2 Å². The smallest absolute Gasteiger partial charge is 0.259 e. The average Bonchev–Trinajstić information content (AvgIpc) is 3.54. The van der Waals surface area contributed by atoms with Crippen LogP contribution >= 0.6 is 0 Å². The van der Waals surface area contributed by atoms with E-state index in [9.17, 15) is 9.90 Å². The van der Waals surface area contributed by atoms with Crippen molar-refractivity contribution in [1.82, 2.24) is 34.4 Å². The predicted molar refractivity (Wildman–Crippen MR) is 123 cm³/mol. The van der Waals surface area contributed by atoms with E-state index in [1.54, 1.807) is 17.0 Å². The van der Waals surface area contributed by atoms with Crippen molar-refractivity contribution in [3.8, 4) is 11.6 Å². The van der Waals surface area contributed by atoms with Crippen LogP contribution in [0.15, 0.2) is 53.1 Å². The summed E-state index contributed by atoms with van der Waals surface area (Å²) in [6, 6.07) is 12.8. The fourth-order valence-corrected chi connectivity index (χ4v) is 3.91. The van der Waals surface area contributed by atoms with Crippen molar-refractivity contribution in [3.05, 3.63) is 54.3 Å². The van der Waals surface area contributed by atoms with Gasteiger partial charge in [0.2, 0.25) is 23.6 Å². The van der Waals surface area contributed by atoms with Crippen molar-refractivity contribution >= 4 is 23.6 Å². The molecule has 1 saturated heterocycles. The maximum atomic E-state index is 13.1. The SMILES string of the molecule is Nc1nc(N[C@@H](CO)C(=O)N2CCN(Cc3ccccc3)CC2)nc2nc(-c3ccco3)nn12. The molecular formula is C22H25N9O3. The number of amides is 1. The molecule has 1 fully saturated rings. The monoisotopic (exact) mass is 463 g/mol. The Kier molecular flexibility index (Phi) is 6.06. The number of aliphatic hydroxyl groups excluding tert-OH is 1. The molecule has 3 aromatic heterocycles. The first-order valence-electron chi connectivity index (χ1n) is 11.0. The van der Waals surface area contributed by atoms with Crippen molar-refractivity contribution < 1.29 is 14.3 Å². The second-order valence-corrected chi connectivity index (χ2v) is 8.00. The third kappa shape index (κ3) is 4.54. The van der Waals surface area contributed by atoms with E-state index in [0.29, 0.717) is 24.7 Å². The highest BCUT2D eigenvalue weighted by molar-refractivity contribution is 5.84. The summed E-state index contributed by atoms with van der Waals surface area (Å²) in [6.07, 6.45) is 1.52. The van der Waals surface area contributed by atoms with Crippen LogP contribution in [0.3, 0.4) is 0 Å². The topological polar surface area (TPSA) is 151 Å². The number of nitrogens with one attached hydrogen (secondary N) is 1. The number of carbonyl (C=O) groups is 1. The summed E-state index contributed by atoms with van der Waals surface area (Å²) >= 11 is 0. The quantitative estimate of drug-likeness (QED) is 0.353. The molecule has 0 radical (unpaired) electrons. The normalized spacial score (nSPS) is 15.5. The molecule has 4 N–H and O–H groups in total. The van der Waals surface area contributed by atoms with Gasteiger partial charge in [-0.1, -0.05) is 30.3 Å². The number of nitrogens with two attached hydrogens (primary N) is 1. The van der Waals surface area contributed by atoms with Crippen LogP contribution in [0.1, 0.15) is 5.56 Å². The summed E-state index contributed by atoms with van der Waals surface area (Å²) in [4.78, 5) is 29.9. The minimum absolute atomic E-state index is 0.0384. The van der Waals surface area contributed by atoms with Gasteiger partial charge in [0.25, 0.3) is 5.78 Å². The van der Waals surface area contributed by atoms with Crippen LogP contribution in [0.2, 0.25) is 0 Å². The van der Waals surface area contributed by atoms with Crippen LogP contribution in [-0.4, -0.2) is 84.2 Å². The Bertz CT molecular complexity index is 1250. The summed E-state index contributed by atoms with van der Waals surface area (Å²) in [6.45, 7) is 3.08. The molecule has 0 spiro atoms. The molecule has 4 heterocycles. The first-order valence-corrected chi connectivity index (χ1v) is 11.0. The van der Waals surface area contributed by atoms with Gasteiger partial charge in [-0.3, -0.25) is 9.69 Å². The highest BCUT2D eigenvalue weighted by Gasteiger charge is 2.28. The highest BCUT2D eigenvalue weighted by atomic mass is 16.3. The third-order valence-electron chi connectivity index (χ3n) is 5.69. The number of hydrogen-bond donors (Lipinski definition) is 3. The van der Waals surface area contributed by atoms with Crippen LogP contribution in [0, 0.1) is 0 Å². The van der Waals surface area contributed by atoms with Crippen LogP contribution in [0.25, 0.3) is 17.4 Å². The molecule has 5 rings (SSSR count). The van der Waals surface area contributed by atoms with Crippen LogP contribution in [0.4, 0.5) is 11.9 Å². The minimum atomic E-state index is -0.907. The highest BCUT2D eigenvalue weighted by Crippen LogP contribution is 2.18. The summed E-state index contributed by atoms with van der Waals surface area (Å²) in [5.74, 6) is 0.872. The number of furan rings is 1. The number of aliphatic hydroxyl groups is 1. The molecule has 0 aliphatic carbocycles. The second-order valence-electron chi connectivity index (χ2n) is 8.00. The fourth-order valence-electron chi connectivity index (χ4n) is 3.91. The van der Waals surface area contributed by atoms with E-state index < -0.39 is 12.6 Å². The molecule has 1 amide bonds. The predicted octanol–water partition coefficient (Wildman–Crippen LogP) is 0.479. The van der Waals surface area contributed by atoms with Gasteiger partial charge in [0, 0.05) is 32.7 Å². The summed E-state index contributed by atoms with van der Waals surface area (Å²) < 4.78 is 6.59. The van der Waals surface area contributed by atoms with Crippen molar-refractivity contribution in [2.24, 2.45) is 0 Å². The van der Waals surface area contributed by atoms with Gasteiger partial charge in [-0.15, -0.1) is 5.10 Å². The van der Waals surface area contributed by atoms with E-state index in [-0.39, 0.29) is 23.6 Å². The van der Waals surface area contributed by atoms with E-state index in [4.69, 9.17) is 10.2 Å². The zero-order valence-electron chi connectivity index (χ0n) is 18.4. The molecule has 4 aromatic rings. The van der Waals surface area contributed by atoms with Crippen molar-refractivity contribution in [2.45, 2.75) is 12.6 Å². The van der Waals surface area contributed by atoms with Crippen LogP contribution < -0.4 is 11.1 Å². The first kappa shape index (κ1) is 21.8. The number of fused-ring (bicyclic) bond motifs is 1. The molecule has 34 heavy (non-hydrogen) atoms. The summed E-state index contributed by atoms with van der Waals surface area (Å²) in [5.41, 5.74) is 7.26. The lowest BCUT2D eigenvalue weighted by Crippen LogP contribution is -2.53. The number of anilines is 2. The molecule has 176 valence electrons. The Balaban J connectivity index is 1.24. The van der Waals surface area contributed by atoms with Crippen LogP contribution in [0.5, 0.6) is 0 Å². The van der Waals surface area contributed by atoms with Crippen molar-refractivity contribution in [2.75, 3.05) is 43.8 Å². The van der Waals surface area contributed by atoms with Crippen molar-refractivity contribution in [1.29, 1.82) is 0 Å². The minimum Gasteiger partial charge on any atom is -0.461 e. The number of hydrogen-bond acceptors (Lipinski definition) is 10. The van der Waals surface area contributed by atoms with Gasteiger partial charge < -0.3 is 25.5 Å². The number of rotatable bonds is 7. The average molecular weight is 464 g/mol.